The molecule has 0 amide bonds. The fourth-order valence-electron chi connectivity index (χ4n) is 0.513. The van der Waals surface area contributed by atoms with Crippen LogP contribution in [0.1, 0.15) is 6.92 Å². The number of aromatic hydroxyl groups is 1. The van der Waals surface area contributed by atoms with Gasteiger partial charge in [0, 0.05) is 0 Å². The monoisotopic (exact) mass is 156 g/mol. The maximum absolute atomic E-state index is 8.79. The number of nitrogens with zero attached hydrogens (tertiary/aromatic N) is 2. The van der Waals surface area contributed by atoms with Crippen LogP contribution in [-0.4, -0.2) is 20.8 Å². The van der Waals surface area contributed by atoms with Crippen LogP contribution in [0, 0.1) is 0 Å². The van der Waals surface area contributed by atoms with Crippen LogP contribution in [0.15, 0.2) is 17.6 Å². The molecule has 0 saturated carbocycles. The van der Waals surface area contributed by atoms with Gasteiger partial charge in [-0.3, -0.25) is 0 Å². The average molecular weight is 156 g/mol. The van der Waals surface area contributed by atoms with Crippen LogP contribution in [-0.2, 0) is 0 Å². The highest BCUT2D eigenvalue weighted by Gasteiger charge is 1.93. The molecule has 0 unspecified atom stereocenters. The molecule has 0 saturated heterocycles. The van der Waals surface area contributed by atoms with Crippen LogP contribution in [0.4, 0.5) is 0 Å². The number of hydrogen-bond acceptors (Lipinski definition) is 4. The summed E-state index contributed by atoms with van der Waals surface area (Å²) in [7, 11) is 0. The van der Waals surface area contributed by atoms with E-state index in [0.717, 1.165) is 5.75 Å². The molecule has 1 aromatic rings. The lowest BCUT2D eigenvalue weighted by Crippen LogP contribution is -1.83. The zero-order valence-electron chi connectivity index (χ0n) is 5.61. The van der Waals surface area contributed by atoms with E-state index in [-0.39, 0.29) is 5.75 Å². The van der Waals surface area contributed by atoms with Crippen molar-refractivity contribution in [1.29, 1.82) is 0 Å². The Morgan fingerprint density at radius 1 is 1.50 bits per heavy atom. The Bertz CT molecular complexity index is 199. The molecule has 0 aliphatic carbocycles. The first kappa shape index (κ1) is 7.34. The predicted octanol–water partition coefficient (Wildman–Crippen LogP) is 1.29. The Kier molecular flexibility index (Phi) is 2.50. The molecule has 3 nitrogen and oxygen atoms in total. The molecular formula is C6H8N2OS. The van der Waals surface area contributed by atoms with Gasteiger partial charge >= 0.3 is 0 Å². The van der Waals surface area contributed by atoms with Crippen LogP contribution >= 0.6 is 11.8 Å². The first-order valence-corrected chi connectivity index (χ1v) is 3.95. The van der Waals surface area contributed by atoms with Gasteiger partial charge in [-0.1, -0.05) is 18.7 Å². The molecule has 0 fully saturated rings. The normalized spacial score (nSPS) is 9.70. The van der Waals surface area contributed by atoms with Crippen LogP contribution in [0.5, 0.6) is 5.75 Å². The van der Waals surface area contributed by atoms with E-state index in [0.29, 0.717) is 5.16 Å². The van der Waals surface area contributed by atoms with Crippen molar-refractivity contribution in [3.8, 4) is 5.75 Å². The number of thioether (sulfide) groups is 1. The lowest BCUT2D eigenvalue weighted by molar-refractivity contribution is 0.467. The number of hydrogen-bond donors (Lipinski definition) is 1. The molecule has 1 rings (SSSR count). The van der Waals surface area contributed by atoms with Gasteiger partial charge in [-0.25, -0.2) is 9.97 Å². The van der Waals surface area contributed by atoms with Gasteiger partial charge in [-0.2, -0.15) is 0 Å². The Morgan fingerprint density at radius 2 is 2.10 bits per heavy atom. The molecule has 0 aliphatic heterocycles. The van der Waals surface area contributed by atoms with E-state index >= 15 is 0 Å². The molecule has 10 heavy (non-hydrogen) atoms. The molecule has 4 heteroatoms. The van der Waals surface area contributed by atoms with Crippen LogP contribution in [0.2, 0.25) is 0 Å². The summed E-state index contributed by atoms with van der Waals surface area (Å²) in [5, 5.41) is 9.50. The van der Waals surface area contributed by atoms with Crippen LogP contribution < -0.4 is 0 Å². The summed E-state index contributed by atoms with van der Waals surface area (Å²) >= 11 is 1.55. The molecule has 1 aromatic heterocycles. The lowest BCUT2D eigenvalue weighted by Gasteiger charge is -1.93. The molecule has 0 aliphatic rings. The van der Waals surface area contributed by atoms with E-state index in [4.69, 9.17) is 5.11 Å². The minimum atomic E-state index is 0.112. The van der Waals surface area contributed by atoms with Gasteiger partial charge in [0.05, 0.1) is 12.4 Å². The summed E-state index contributed by atoms with van der Waals surface area (Å²) in [5.41, 5.74) is 0. The Hall–Kier alpha value is -0.770. The van der Waals surface area contributed by atoms with Crippen molar-refractivity contribution < 1.29 is 5.11 Å². The molecule has 1 heterocycles. The summed E-state index contributed by atoms with van der Waals surface area (Å²) in [4.78, 5) is 7.74. The van der Waals surface area contributed by atoms with Gasteiger partial charge in [0.15, 0.2) is 10.9 Å². The minimum Gasteiger partial charge on any atom is -0.505 e. The minimum absolute atomic E-state index is 0.112. The standard InChI is InChI=1S/C6H8N2OS/c1-2-10-6-7-3-5(9)4-8-6/h3-4,9H,2H2,1H3. The summed E-state index contributed by atoms with van der Waals surface area (Å²) < 4.78 is 0. The third-order valence-electron chi connectivity index (χ3n) is 0.888. The molecule has 0 aromatic carbocycles. The molecule has 0 radical (unpaired) electrons. The van der Waals surface area contributed by atoms with Gasteiger partial charge in [0.25, 0.3) is 0 Å². The first-order chi connectivity index (χ1) is 4.83. The van der Waals surface area contributed by atoms with Gasteiger partial charge in [0.2, 0.25) is 0 Å². The SMILES string of the molecule is CCSc1ncc(O)cn1. The summed E-state index contributed by atoms with van der Waals surface area (Å²) in [5.74, 6) is 1.06. The molecule has 1 N–H and O–H groups in total. The highest BCUT2D eigenvalue weighted by Crippen LogP contribution is 2.12. The van der Waals surface area contributed by atoms with E-state index in [1.54, 1.807) is 11.8 Å². The van der Waals surface area contributed by atoms with E-state index in [9.17, 15) is 0 Å². The van der Waals surface area contributed by atoms with Crippen molar-refractivity contribution in [2.45, 2.75) is 12.1 Å². The first-order valence-electron chi connectivity index (χ1n) is 2.96. The number of rotatable bonds is 2. The third-order valence-corrected chi connectivity index (χ3v) is 1.65. The second-order valence-corrected chi connectivity index (χ2v) is 2.89. The smallest absolute Gasteiger partial charge is 0.187 e. The largest absolute Gasteiger partial charge is 0.505 e. The highest BCUT2D eigenvalue weighted by molar-refractivity contribution is 7.99. The zero-order valence-corrected chi connectivity index (χ0v) is 6.43. The van der Waals surface area contributed by atoms with E-state index in [1.807, 2.05) is 6.92 Å². The number of aromatic nitrogens is 2. The highest BCUT2D eigenvalue weighted by atomic mass is 32.2. The summed E-state index contributed by atoms with van der Waals surface area (Å²) in [6, 6.07) is 0. The zero-order chi connectivity index (χ0) is 7.40. The quantitative estimate of drug-likeness (QED) is 0.517. The van der Waals surface area contributed by atoms with Gasteiger partial charge in [-0.15, -0.1) is 0 Å². The van der Waals surface area contributed by atoms with Crippen molar-refractivity contribution in [2.75, 3.05) is 5.75 Å². The van der Waals surface area contributed by atoms with Gasteiger partial charge < -0.3 is 5.11 Å². The average Bonchev–Trinajstić information content (AvgIpc) is 1.95. The van der Waals surface area contributed by atoms with Crippen LogP contribution in [0.3, 0.4) is 0 Å². The third kappa shape index (κ3) is 1.88. The molecule has 0 bridgehead atoms. The maximum Gasteiger partial charge on any atom is 0.187 e. The van der Waals surface area contributed by atoms with Gasteiger partial charge in [-0.05, 0) is 5.75 Å². The Labute approximate surface area is 63.5 Å². The Morgan fingerprint density at radius 3 is 2.60 bits per heavy atom. The topological polar surface area (TPSA) is 46.0 Å². The van der Waals surface area contributed by atoms with Crippen LogP contribution in [0.25, 0.3) is 0 Å². The summed E-state index contributed by atoms with van der Waals surface area (Å²) in [6.45, 7) is 2.03. The second-order valence-electron chi connectivity index (χ2n) is 1.66. The van der Waals surface area contributed by atoms with Crippen molar-refractivity contribution >= 4 is 11.8 Å². The summed E-state index contributed by atoms with van der Waals surface area (Å²) in [6.07, 6.45) is 2.79. The molecular weight excluding hydrogens is 148 g/mol. The molecule has 54 valence electrons. The van der Waals surface area contributed by atoms with E-state index in [2.05, 4.69) is 9.97 Å². The van der Waals surface area contributed by atoms with E-state index in [1.165, 1.54) is 12.4 Å². The van der Waals surface area contributed by atoms with Crippen molar-refractivity contribution in [1.82, 2.24) is 9.97 Å². The predicted molar refractivity (Wildman–Crippen MR) is 40.1 cm³/mol. The Balaban J connectivity index is 2.69. The molecule has 0 spiro atoms. The van der Waals surface area contributed by atoms with E-state index < -0.39 is 0 Å². The molecule has 0 atom stereocenters. The van der Waals surface area contributed by atoms with Gasteiger partial charge in [0.1, 0.15) is 0 Å². The fraction of sp³-hybridized carbons (Fsp3) is 0.333. The van der Waals surface area contributed by atoms with Crippen molar-refractivity contribution in [3.63, 3.8) is 0 Å². The maximum atomic E-state index is 8.79. The van der Waals surface area contributed by atoms with Crippen molar-refractivity contribution in [3.05, 3.63) is 12.4 Å². The second kappa shape index (κ2) is 3.41. The lowest BCUT2D eigenvalue weighted by atomic mass is 10.6. The fourth-order valence-corrected chi connectivity index (χ4v) is 1.03. The van der Waals surface area contributed by atoms with Crippen molar-refractivity contribution in [2.24, 2.45) is 0 Å².